The van der Waals surface area contributed by atoms with Crippen molar-refractivity contribution in [1.29, 1.82) is 0 Å². The van der Waals surface area contributed by atoms with Crippen molar-refractivity contribution in [2.45, 2.75) is 44.6 Å². The average molecular weight is 345 g/mol. The van der Waals surface area contributed by atoms with Gasteiger partial charge in [-0.05, 0) is 44.4 Å². The third-order valence-electron chi connectivity index (χ3n) is 5.29. The molecule has 3 N–H and O–H groups in total. The van der Waals surface area contributed by atoms with Crippen molar-refractivity contribution < 1.29 is 9.59 Å². The van der Waals surface area contributed by atoms with Crippen LogP contribution in [0.3, 0.4) is 0 Å². The summed E-state index contributed by atoms with van der Waals surface area (Å²) in [5.41, 5.74) is 5.75. The van der Waals surface area contributed by atoms with Crippen LogP contribution in [-0.4, -0.2) is 60.5 Å². The fourth-order valence-corrected chi connectivity index (χ4v) is 3.61. The predicted octanol–water partition coefficient (Wildman–Crippen LogP) is 1.19. The van der Waals surface area contributed by atoms with Gasteiger partial charge >= 0.3 is 6.03 Å². The maximum absolute atomic E-state index is 12.4. The van der Waals surface area contributed by atoms with Crippen LogP contribution in [0.2, 0.25) is 0 Å². The minimum Gasteiger partial charge on any atom is -0.352 e. The van der Waals surface area contributed by atoms with Crippen molar-refractivity contribution in [3.63, 3.8) is 0 Å². The SMILES string of the molecule is Cl.NCC(NC(=O)C1CCN(C(=O)N2CCCC2)CC1)C1CC1. The number of amides is 3. The highest BCUT2D eigenvalue weighted by Crippen LogP contribution is 2.32. The number of carbonyl (C=O) groups is 2. The highest BCUT2D eigenvalue weighted by atomic mass is 35.5. The molecule has 1 atom stereocenters. The molecule has 2 aliphatic heterocycles. The zero-order valence-electron chi connectivity index (χ0n) is 13.7. The summed E-state index contributed by atoms with van der Waals surface area (Å²) in [7, 11) is 0. The normalized spacial score (nSPS) is 23.3. The Morgan fingerprint density at radius 1 is 1.00 bits per heavy atom. The Balaban J connectivity index is 0.00000192. The van der Waals surface area contributed by atoms with Gasteiger partial charge in [0.2, 0.25) is 5.91 Å². The number of piperidine rings is 1. The average Bonchev–Trinajstić information content (AvgIpc) is 3.25. The van der Waals surface area contributed by atoms with Crippen LogP contribution in [0.15, 0.2) is 0 Å². The lowest BCUT2D eigenvalue weighted by Gasteiger charge is -2.34. The molecule has 1 unspecified atom stereocenters. The number of halogens is 1. The van der Waals surface area contributed by atoms with Crippen LogP contribution in [0.4, 0.5) is 4.79 Å². The van der Waals surface area contributed by atoms with Gasteiger partial charge in [-0.2, -0.15) is 0 Å². The molecule has 3 rings (SSSR count). The van der Waals surface area contributed by atoms with E-state index in [1.54, 1.807) is 0 Å². The number of nitrogens with two attached hydrogens (primary N) is 1. The largest absolute Gasteiger partial charge is 0.352 e. The number of likely N-dealkylation sites (tertiary alicyclic amines) is 2. The topological polar surface area (TPSA) is 78.7 Å². The Morgan fingerprint density at radius 2 is 1.57 bits per heavy atom. The van der Waals surface area contributed by atoms with Gasteiger partial charge in [0.05, 0.1) is 0 Å². The summed E-state index contributed by atoms with van der Waals surface area (Å²) in [6.45, 7) is 3.70. The van der Waals surface area contributed by atoms with Gasteiger partial charge < -0.3 is 20.9 Å². The van der Waals surface area contributed by atoms with Crippen LogP contribution >= 0.6 is 12.4 Å². The number of urea groups is 1. The summed E-state index contributed by atoms with van der Waals surface area (Å²) < 4.78 is 0. The maximum atomic E-state index is 12.4. The van der Waals surface area contributed by atoms with Gasteiger partial charge in [0.15, 0.2) is 0 Å². The second-order valence-electron chi connectivity index (χ2n) is 6.93. The molecule has 2 saturated heterocycles. The Kier molecular flexibility index (Phi) is 6.53. The molecular weight excluding hydrogens is 316 g/mol. The molecule has 0 bridgehead atoms. The molecular formula is C16H29ClN4O2. The molecule has 1 aliphatic carbocycles. The van der Waals surface area contributed by atoms with E-state index in [0.717, 1.165) is 38.8 Å². The van der Waals surface area contributed by atoms with E-state index >= 15 is 0 Å². The maximum Gasteiger partial charge on any atom is 0.319 e. The first-order valence-electron chi connectivity index (χ1n) is 8.73. The standard InChI is InChI=1S/C16H28N4O2.ClH/c17-11-14(12-3-4-12)18-15(21)13-5-9-20(10-6-13)16(22)19-7-1-2-8-19;/h12-14H,1-11,17H2,(H,18,21);1H. The van der Waals surface area contributed by atoms with Gasteiger partial charge in [0, 0.05) is 44.7 Å². The van der Waals surface area contributed by atoms with Crippen molar-refractivity contribution in [1.82, 2.24) is 15.1 Å². The monoisotopic (exact) mass is 344 g/mol. The third-order valence-corrected chi connectivity index (χ3v) is 5.29. The Labute approximate surface area is 144 Å². The van der Waals surface area contributed by atoms with E-state index in [1.165, 1.54) is 12.8 Å². The number of nitrogens with zero attached hydrogens (tertiary/aromatic N) is 2. The zero-order valence-corrected chi connectivity index (χ0v) is 14.5. The molecule has 3 aliphatic rings. The Hall–Kier alpha value is -1.01. The second-order valence-corrected chi connectivity index (χ2v) is 6.93. The molecule has 0 radical (unpaired) electrons. The van der Waals surface area contributed by atoms with E-state index in [1.807, 2.05) is 9.80 Å². The van der Waals surface area contributed by atoms with Gasteiger partial charge in [0.1, 0.15) is 0 Å². The van der Waals surface area contributed by atoms with E-state index in [2.05, 4.69) is 5.32 Å². The smallest absolute Gasteiger partial charge is 0.319 e. The molecule has 0 spiro atoms. The van der Waals surface area contributed by atoms with E-state index in [-0.39, 0.29) is 36.3 Å². The molecule has 7 heteroatoms. The first kappa shape index (κ1) is 18.3. The quantitative estimate of drug-likeness (QED) is 0.804. The fourth-order valence-electron chi connectivity index (χ4n) is 3.61. The van der Waals surface area contributed by atoms with Crippen LogP contribution in [-0.2, 0) is 4.79 Å². The molecule has 6 nitrogen and oxygen atoms in total. The van der Waals surface area contributed by atoms with Crippen molar-refractivity contribution >= 4 is 24.3 Å². The minimum absolute atomic E-state index is 0. The van der Waals surface area contributed by atoms with Gasteiger partial charge in [-0.25, -0.2) is 4.79 Å². The summed E-state index contributed by atoms with van der Waals surface area (Å²) in [5.74, 6) is 0.761. The third kappa shape index (κ3) is 4.51. The van der Waals surface area contributed by atoms with Crippen LogP contribution in [0, 0.1) is 11.8 Å². The van der Waals surface area contributed by atoms with Crippen LogP contribution in [0.5, 0.6) is 0 Å². The lowest BCUT2D eigenvalue weighted by Crippen LogP contribution is -2.50. The number of rotatable bonds is 4. The van der Waals surface area contributed by atoms with Crippen LogP contribution in [0.25, 0.3) is 0 Å². The number of hydrogen-bond acceptors (Lipinski definition) is 3. The van der Waals surface area contributed by atoms with E-state index in [0.29, 0.717) is 25.6 Å². The molecule has 3 fully saturated rings. The Morgan fingerprint density at radius 3 is 2.09 bits per heavy atom. The summed E-state index contributed by atoms with van der Waals surface area (Å²) in [6, 6.07) is 0.311. The first-order chi connectivity index (χ1) is 10.7. The zero-order chi connectivity index (χ0) is 15.5. The van der Waals surface area contributed by atoms with Gasteiger partial charge in [-0.15, -0.1) is 12.4 Å². The number of nitrogens with one attached hydrogen (secondary N) is 1. The van der Waals surface area contributed by atoms with Crippen molar-refractivity contribution in [2.24, 2.45) is 17.6 Å². The highest BCUT2D eigenvalue weighted by molar-refractivity contribution is 5.85. The van der Waals surface area contributed by atoms with Gasteiger partial charge in [-0.1, -0.05) is 0 Å². The molecule has 0 aromatic heterocycles. The van der Waals surface area contributed by atoms with Crippen molar-refractivity contribution in [3.8, 4) is 0 Å². The summed E-state index contributed by atoms with van der Waals surface area (Å²) in [5, 5.41) is 3.12. The lowest BCUT2D eigenvalue weighted by molar-refractivity contribution is -0.127. The van der Waals surface area contributed by atoms with E-state index in [4.69, 9.17) is 5.73 Å². The minimum atomic E-state index is 0. The van der Waals surface area contributed by atoms with Crippen LogP contribution < -0.4 is 11.1 Å². The van der Waals surface area contributed by atoms with Crippen molar-refractivity contribution in [2.75, 3.05) is 32.7 Å². The number of carbonyl (C=O) groups excluding carboxylic acids is 2. The molecule has 0 aromatic rings. The summed E-state index contributed by atoms with van der Waals surface area (Å²) in [6.07, 6.45) is 6.15. The Bertz CT molecular complexity index is 416. The first-order valence-corrected chi connectivity index (χ1v) is 8.73. The molecule has 2 heterocycles. The number of hydrogen-bond donors (Lipinski definition) is 2. The molecule has 3 amide bonds. The van der Waals surface area contributed by atoms with E-state index in [9.17, 15) is 9.59 Å². The van der Waals surface area contributed by atoms with Gasteiger partial charge in [-0.3, -0.25) is 4.79 Å². The van der Waals surface area contributed by atoms with Crippen LogP contribution in [0.1, 0.15) is 38.5 Å². The fraction of sp³-hybridized carbons (Fsp3) is 0.875. The molecule has 132 valence electrons. The van der Waals surface area contributed by atoms with Crippen molar-refractivity contribution in [3.05, 3.63) is 0 Å². The lowest BCUT2D eigenvalue weighted by atomic mass is 9.95. The second kappa shape index (κ2) is 8.20. The van der Waals surface area contributed by atoms with Gasteiger partial charge in [0.25, 0.3) is 0 Å². The predicted molar refractivity (Wildman–Crippen MR) is 91.5 cm³/mol. The summed E-state index contributed by atoms with van der Waals surface area (Å²) >= 11 is 0. The molecule has 0 aromatic carbocycles. The summed E-state index contributed by atoms with van der Waals surface area (Å²) in [4.78, 5) is 28.5. The molecule has 23 heavy (non-hydrogen) atoms. The van der Waals surface area contributed by atoms with E-state index < -0.39 is 0 Å². The highest BCUT2D eigenvalue weighted by Gasteiger charge is 2.34. The molecule has 1 saturated carbocycles.